The van der Waals surface area contributed by atoms with Crippen LogP contribution in [0.3, 0.4) is 0 Å². The molecule has 0 aliphatic carbocycles. The average Bonchev–Trinajstić information content (AvgIpc) is 2.65. The smallest absolute Gasteiger partial charge is 0.339 e. The molecule has 2 rings (SSSR count). The number of carbonyl (C=O) groups excluding carboxylic acids is 2. The Hall–Kier alpha value is -2.43. The normalized spacial score (nSPS) is 12.2. The quantitative estimate of drug-likeness (QED) is 0.711. The van der Waals surface area contributed by atoms with Crippen molar-refractivity contribution >= 4 is 22.8 Å². The van der Waals surface area contributed by atoms with Crippen LogP contribution in [-0.4, -0.2) is 29.5 Å². The molecule has 1 aromatic carbocycles. The van der Waals surface area contributed by atoms with Gasteiger partial charge < -0.3 is 10.1 Å². The summed E-state index contributed by atoms with van der Waals surface area (Å²) in [6.45, 7) is 9.82. The van der Waals surface area contributed by atoms with Gasteiger partial charge in [0.1, 0.15) is 0 Å². The molecule has 1 amide bonds. The third kappa shape index (κ3) is 5.06. The molecule has 2 aromatic rings. The van der Waals surface area contributed by atoms with Gasteiger partial charge in [-0.1, -0.05) is 52.3 Å². The van der Waals surface area contributed by atoms with Crippen molar-refractivity contribution in [3.8, 4) is 0 Å². The van der Waals surface area contributed by atoms with Crippen LogP contribution >= 0.6 is 0 Å². The topological polar surface area (TPSA) is 68.3 Å². The highest BCUT2D eigenvalue weighted by Gasteiger charge is 2.21. The third-order valence-electron chi connectivity index (χ3n) is 4.85. The van der Waals surface area contributed by atoms with E-state index in [1.54, 1.807) is 0 Å². The number of para-hydroxylation sites is 1. The van der Waals surface area contributed by atoms with E-state index in [-0.39, 0.29) is 18.6 Å². The van der Waals surface area contributed by atoms with Crippen molar-refractivity contribution in [2.45, 2.75) is 59.9 Å². The molecule has 0 aliphatic rings. The summed E-state index contributed by atoms with van der Waals surface area (Å²) >= 11 is 0. The van der Waals surface area contributed by atoms with Crippen molar-refractivity contribution in [3.63, 3.8) is 0 Å². The van der Waals surface area contributed by atoms with Crippen molar-refractivity contribution in [1.29, 1.82) is 0 Å². The minimum absolute atomic E-state index is 0.0281. The van der Waals surface area contributed by atoms with Crippen LogP contribution in [0.15, 0.2) is 24.3 Å². The molecule has 1 atom stereocenters. The number of carbonyl (C=O) groups is 2. The second kappa shape index (κ2) is 9.49. The Balaban J connectivity index is 2.30. The number of aromatic nitrogens is 1. The third-order valence-corrected chi connectivity index (χ3v) is 4.85. The lowest BCUT2D eigenvalue weighted by Crippen LogP contribution is -2.38. The van der Waals surface area contributed by atoms with Gasteiger partial charge in [0, 0.05) is 17.1 Å². The molecule has 1 N–H and O–H groups in total. The average molecular weight is 370 g/mol. The van der Waals surface area contributed by atoms with E-state index in [1.165, 1.54) is 0 Å². The van der Waals surface area contributed by atoms with Crippen molar-refractivity contribution in [3.05, 3.63) is 41.1 Å². The number of pyridine rings is 1. The van der Waals surface area contributed by atoms with Crippen LogP contribution in [-0.2, 0) is 22.4 Å². The number of nitrogens with zero attached hydrogens (tertiary/aromatic N) is 1. The SMILES string of the molecule is CCCc1nc2ccccc2c(C(=O)OCC(=O)N[C@@H](C)C(C)C)c1CC. The fourth-order valence-corrected chi connectivity index (χ4v) is 3.03. The molecular formula is C22H30N2O3. The first kappa shape index (κ1) is 20.9. The van der Waals surface area contributed by atoms with E-state index in [0.29, 0.717) is 17.9 Å². The molecule has 5 nitrogen and oxygen atoms in total. The number of amides is 1. The summed E-state index contributed by atoms with van der Waals surface area (Å²) in [6, 6.07) is 7.61. The largest absolute Gasteiger partial charge is 0.452 e. The summed E-state index contributed by atoms with van der Waals surface area (Å²) in [6.07, 6.45) is 2.44. The molecule has 146 valence electrons. The second-order valence-corrected chi connectivity index (χ2v) is 7.21. The maximum absolute atomic E-state index is 12.9. The molecule has 0 saturated heterocycles. The monoisotopic (exact) mass is 370 g/mol. The zero-order valence-corrected chi connectivity index (χ0v) is 17.0. The highest BCUT2D eigenvalue weighted by Crippen LogP contribution is 2.26. The van der Waals surface area contributed by atoms with E-state index in [1.807, 2.05) is 52.0 Å². The summed E-state index contributed by atoms with van der Waals surface area (Å²) in [4.78, 5) is 29.7. The van der Waals surface area contributed by atoms with E-state index >= 15 is 0 Å². The maximum Gasteiger partial charge on any atom is 0.339 e. The van der Waals surface area contributed by atoms with E-state index in [0.717, 1.165) is 35.0 Å². The first-order valence-corrected chi connectivity index (χ1v) is 9.75. The first-order chi connectivity index (χ1) is 12.9. The fourth-order valence-electron chi connectivity index (χ4n) is 3.03. The van der Waals surface area contributed by atoms with Crippen LogP contribution in [0.25, 0.3) is 10.9 Å². The number of ether oxygens (including phenoxy) is 1. The summed E-state index contributed by atoms with van der Waals surface area (Å²) < 4.78 is 5.38. The van der Waals surface area contributed by atoms with E-state index in [2.05, 4.69) is 12.2 Å². The van der Waals surface area contributed by atoms with Crippen molar-refractivity contribution in [1.82, 2.24) is 10.3 Å². The van der Waals surface area contributed by atoms with Gasteiger partial charge in [-0.25, -0.2) is 4.79 Å². The number of hydrogen-bond acceptors (Lipinski definition) is 4. The summed E-state index contributed by atoms with van der Waals surface area (Å²) in [5.41, 5.74) is 3.17. The first-order valence-electron chi connectivity index (χ1n) is 9.75. The zero-order valence-electron chi connectivity index (χ0n) is 17.0. The summed E-state index contributed by atoms with van der Waals surface area (Å²) in [7, 11) is 0. The lowest BCUT2D eigenvalue weighted by Gasteiger charge is -2.18. The molecule has 0 unspecified atom stereocenters. The minimum atomic E-state index is -0.463. The van der Waals surface area contributed by atoms with Crippen LogP contribution in [0.2, 0.25) is 0 Å². The van der Waals surface area contributed by atoms with Gasteiger partial charge in [0.25, 0.3) is 5.91 Å². The number of rotatable bonds is 8. The van der Waals surface area contributed by atoms with E-state index < -0.39 is 5.97 Å². The van der Waals surface area contributed by atoms with Crippen LogP contribution in [0, 0.1) is 5.92 Å². The second-order valence-electron chi connectivity index (χ2n) is 7.21. The maximum atomic E-state index is 12.9. The predicted octanol–water partition coefficient (Wildman–Crippen LogP) is 4.07. The van der Waals surface area contributed by atoms with Gasteiger partial charge in [-0.15, -0.1) is 0 Å². The number of esters is 1. The number of fused-ring (bicyclic) bond motifs is 1. The number of benzene rings is 1. The molecular weight excluding hydrogens is 340 g/mol. The van der Waals surface area contributed by atoms with Crippen molar-refractivity contribution < 1.29 is 14.3 Å². The van der Waals surface area contributed by atoms with E-state index in [4.69, 9.17) is 9.72 Å². The predicted molar refractivity (Wildman–Crippen MR) is 108 cm³/mol. The zero-order chi connectivity index (χ0) is 20.0. The van der Waals surface area contributed by atoms with Crippen LogP contribution < -0.4 is 5.32 Å². The van der Waals surface area contributed by atoms with Gasteiger partial charge in [-0.2, -0.15) is 0 Å². The molecule has 0 fully saturated rings. The number of hydrogen-bond donors (Lipinski definition) is 1. The number of aryl methyl sites for hydroxylation is 1. The Labute approximate surface area is 161 Å². The Morgan fingerprint density at radius 2 is 1.85 bits per heavy atom. The lowest BCUT2D eigenvalue weighted by atomic mass is 9.96. The molecule has 1 aromatic heterocycles. The van der Waals surface area contributed by atoms with Gasteiger partial charge in [-0.05, 0) is 37.3 Å². The van der Waals surface area contributed by atoms with Gasteiger partial charge in [0.2, 0.25) is 0 Å². The summed E-state index contributed by atoms with van der Waals surface area (Å²) in [5, 5.41) is 3.63. The highest BCUT2D eigenvalue weighted by atomic mass is 16.5. The lowest BCUT2D eigenvalue weighted by molar-refractivity contribution is -0.125. The Bertz CT molecular complexity index is 815. The highest BCUT2D eigenvalue weighted by molar-refractivity contribution is 6.05. The summed E-state index contributed by atoms with van der Waals surface area (Å²) in [5.74, 6) is -0.429. The molecule has 27 heavy (non-hydrogen) atoms. The van der Waals surface area contributed by atoms with Crippen LogP contribution in [0.1, 0.15) is 62.7 Å². The van der Waals surface area contributed by atoms with Crippen molar-refractivity contribution in [2.24, 2.45) is 5.92 Å². The molecule has 1 heterocycles. The number of nitrogens with one attached hydrogen (secondary N) is 1. The standard InChI is InChI=1S/C22H30N2O3/c1-6-10-18-16(7-2)21(17-11-8-9-12-19(17)24-18)22(26)27-13-20(25)23-15(5)14(3)4/h8-9,11-12,14-15H,6-7,10,13H2,1-5H3,(H,23,25)/t15-/m0/s1. The Kier molecular flexibility index (Phi) is 7.34. The van der Waals surface area contributed by atoms with Gasteiger partial charge in [-0.3, -0.25) is 9.78 Å². The molecule has 5 heteroatoms. The molecule has 0 radical (unpaired) electrons. The van der Waals surface area contributed by atoms with Gasteiger partial charge in [0.15, 0.2) is 6.61 Å². The van der Waals surface area contributed by atoms with Crippen molar-refractivity contribution in [2.75, 3.05) is 6.61 Å². The van der Waals surface area contributed by atoms with E-state index in [9.17, 15) is 9.59 Å². The molecule has 0 bridgehead atoms. The Morgan fingerprint density at radius 1 is 1.15 bits per heavy atom. The Morgan fingerprint density at radius 3 is 2.48 bits per heavy atom. The van der Waals surface area contributed by atoms with Gasteiger partial charge in [0.05, 0.1) is 11.1 Å². The van der Waals surface area contributed by atoms with Crippen LogP contribution in [0.4, 0.5) is 0 Å². The molecule has 0 aliphatic heterocycles. The minimum Gasteiger partial charge on any atom is -0.452 e. The van der Waals surface area contributed by atoms with Gasteiger partial charge >= 0.3 is 5.97 Å². The fraction of sp³-hybridized carbons (Fsp3) is 0.500. The molecule has 0 saturated carbocycles. The molecule has 0 spiro atoms. The van der Waals surface area contributed by atoms with Crippen LogP contribution in [0.5, 0.6) is 0 Å².